The fraction of sp³-hybridized carbons (Fsp3) is 0.269. The predicted octanol–water partition coefficient (Wildman–Crippen LogP) is 6.24. The predicted molar refractivity (Wildman–Crippen MR) is 115 cm³/mol. The molecule has 0 N–H and O–H groups in total. The summed E-state index contributed by atoms with van der Waals surface area (Å²) in [6, 6.07) is 25.1. The number of hydrogen-bond donors (Lipinski definition) is 0. The maximum Gasteiger partial charge on any atom is 0.308 e. The Morgan fingerprint density at radius 3 is 2.24 bits per heavy atom. The van der Waals surface area contributed by atoms with Gasteiger partial charge in [0.1, 0.15) is 5.82 Å². The third kappa shape index (κ3) is 6.28. The minimum atomic E-state index is -0.233. The highest BCUT2D eigenvalue weighted by Crippen LogP contribution is 2.23. The summed E-state index contributed by atoms with van der Waals surface area (Å²) in [5.74, 6) is -0.455. The van der Waals surface area contributed by atoms with E-state index in [0.717, 1.165) is 43.2 Å². The van der Waals surface area contributed by atoms with Gasteiger partial charge in [0, 0.05) is 0 Å². The molecule has 3 rings (SSSR count). The molecule has 150 valence electrons. The van der Waals surface area contributed by atoms with E-state index in [2.05, 4.69) is 24.3 Å². The Hall–Kier alpha value is -2.94. The molecule has 0 heterocycles. The van der Waals surface area contributed by atoms with Crippen molar-refractivity contribution in [2.45, 2.75) is 32.1 Å². The van der Waals surface area contributed by atoms with E-state index in [4.69, 9.17) is 4.74 Å². The van der Waals surface area contributed by atoms with E-state index in [1.807, 2.05) is 36.4 Å². The molecule has 3 heteroatoms. The molecule has 0 saturated carbocycles. The Labute approximate surface area is 172 Å². The lowest BCUT2D eigenvalue weighted by molar-refractivity contribution is -0.145. The molecule has 1 unspecified atom stereocenters. The van der Waals surface area contributed by atoms with E-state index in [1.165, 1.54) is 30.4 Å². The third-order valence-electron chi connectivity index (χ3n) is 5.29. The maximum absolute atomic E-state index is 13.4. The van der Waals surface area contributed by atoms with Crippen molar-refractivity contribution < 1.29 is 13.9 Å². The lowest BCUT2D eigenvalue weighted by Crippen LogP contribution is -2.17. The van der Waals surface area contributed by atoms with Crippen molar-refractivity contribution in [3.05, 3.63) is 95.8 Å². The van der Waals surface area contributed by atoms with E-state index < -0.39 is 0 Å². The van der Waals surface area contributed by atoms with Crippen LogP contribution in [0.2, 0.25) is 0 Å². The van der Waals surface area contributed by atoms with Gasteiger partial charge in [-0.05, 0) is 66.5 Å². The van der Waals surface area contributed by atoms with Crippen LogP contribution in [0.25, 0.3) is 11.1 Å². The first-order valence-corrected chi connectivity index (χ1v) is 10.1. The zero-order valence-corrected chi connectivity index (χ0v) is 16.8. The quantitative estimate of drug-likeness (QED) is 0.404. The summed E-state index contributed by atoms with van der Waals surface area (Å²) in [7, 11) is 1.46. The standard InChI is InChI=1S/C26H27FO2/c1-29-26(28)23(10-5-9-20-7-3-2-4-8-20)18-15-21-13-16-22(17-14-21)24-11-6-12-25(27)19-24/h2-4,6-8,11-14,16-17,19,23H,5,9-10,15,18H2,1H3. The molecule has 0 amide bonds. The number of benzene rings is 3. The molecule has 29 heavy (non-hydrogen) atoms. The lowest BCUT2D eigenvalue weighted by atomic mass is 9.93. The van der Waals surface area contributed by atoms with Crippen LogP contribution in [-0.4, -0.2) is 13.1 Å². The normalized spacial score (nSPS) is 11.8. The lowest BCUT2D eigenvalue weighted by Gasteiger charge is -2.15. The molecule has 0 aliphatic carbocycles. The number of halogens is 1. The summed E-state index contributed by atoms with van der Waals surface area (Å²) in [5.41, 5.74) is 4.32. The molecule has 0 saturated heterocycles. The van der Waals surface area contributed by atoms with Crippen molar-refractivity contribution in [3.8, 4) is 11.1 Å². The molecule has 3 aromatic rings. The Balaban J connectivity index is 1.55. The van der Waals surface area contributed by atoms with Crippen LogP contribution in [0, 0.1) is 11.7 Å². The molecule has 2 nitrogen and oxygen atoms in total. The van der Waals surface area contributed by atoms with Crippen molar-refractivity contribution in [1.82, 2.24) is 0 Å². The molecule has 0 aliphatic rings. The molecular formula is C26H27FO2. The topological polar surface area (TPSA) is 26.3 Å². The van der Waals surface area contributed by atoms with Gasteiger partial charge in [0.05, 0.1) is 13.0 Å². The van der Waals surface area contributed by atoms with Crippen LogP contribution in [0.1, 0.15) is 30.4 Å². The summed E-state index contributed by atoms with van der Waals surface area (Å²) in [4.78, 5) is 12.2. The smallest absolute Gasteiger partial charge is 0.308 e. The first-order chi connectivity index (χ1) is 14.2. The Morgan fingerprint density at radius 2 is 1.55 bits per heavy atom. The molecule has 3 aromatic carbocycles. The first-order valence-electron chi connectivity index (χ1n) is 10.1. The molecule has 0 fully saturated rings. The molecule has 0 spiro atoms. The summed E-state index contributed by atoms with van der Waals surface area (Å²) < 4.78 is 18.4. The van der Waals surface area contributed by atoms with Crippen LogP contribution in [0.4, 0.5) is 4.39 Å². The van der Waals surface area contributed by atoms with Gasteiger partial charge in [-0.1, -0.05) is 66.7 Å². The van der Waals surface area contributed by atoms with E-state index >= 15 is 0 Å². The van der Waals surface area contributed by atoms with Gasteiger partial charge in [0.15, 0.2) is 0 Å². The summed E-state index contributed by atoms with van der Waals surface area (Å²) in [6.07, 6.45) is 4.33. The fourth-order valence-corrected chi connectivity index (χ4v) is 3.62. The number of ether oxygens (including phenoxy) is 1. The van der Waals surface area contributed by atoms with Gasteiger partial charge in [0.25, 0.3) is 0 Å². The van der Waals surface area contributed by atoms with Crippen molar-refractivity contribution >= 4 is 5.97 Å². The Morgan fingerprint density at radius 1 is 0.828 bits per heavy atom. The highest BCUT2D eigenvalue weighted by atomic mass is 19.1. The van der Waals surface area contributed by atoms with Crippen molar-refractivity contribution in [2.75, 3.05) is 7.11 Å². The van der Waals surface area contributed by atoms with Crippen LogP contribution in [0.5, 0.6) is 0 Å². The van der Waals surface area contributed by atoms with Crippen LogP contribution < -0.4 is 0 Å². The summed E-state index contributed by atoms with van der Waals surface area (Å²) >= 11 is 0. The van der Waals surface area contributed by atoms with Gasteiger partial charge in [0.2, 0.25) is 0 Å². The maximum atomic E-state index is 13.4. The van der Waals surface area contributed by atoms with E-state index in [1.54, 1.807) is 6.07 Å². The number of esters is 1. The highest BCUT2D eigenvalue weighted by Gasteiger charge is 2.18. The number of carbonyl (C=O) groups is 1. The monoisotopic (exact) mass is 390 g/mol. The molecule has 1 atom stereocenters. The van der Waals surface area contributed by atoms with Gasteiger partial charge < -0.3 is 4.74 Å². The van der Waals surface area contributed by atoms with Crippen LogP contribution in [0.15, 0.2) is 78.9 Å². The van der Waals surface area contributed by atoms with Gasteiger partial charge in [-0.2, -0.15) is 0 Å². The average molecular weight is 390 g/mol. The first kappa shape index (κ1) is 20.8. The molecule has 0 radical (unpaired) electrons. The second-order valence-electron chi connectivity index (χ2n) is 7.34. The van der Waals surface area contributed by atoms with Crippen molar-refractivity contribution in [3.63, 3.8) is 0 Å². The number of aryl methyl sites for hydroxylation is 2. The third-order valence-corrected chi connectivity index (χ3v) is 5.29. The van der Waals surface area contributed by atoms with Crippen molar-refractivity contribution in [2.24, 2.45) is 5.92 Å². The van der Waals surface area contributed by atoms with Crippen LogP contribution >= 0.6 is 0 Å². The number of rotatable bonds is 9. The zero-order chi connectivity index (χ0) is 20.5. The molecule has 0 bridgehead atoms. The second kappa shape index (κ2) is 10.6. The number of carbonyl (C=O) groups excluding carboxylic acids is 1. The number of hydrogen-bond acceptors (Lipinski definition) is 2. The largest absolute Gasteiger partial charge is 0.469 e. The molecule has 0 aromatic heterocycles. The molecule has 0 aliphatic heterocycles. The van der Waals surface area contributed by atoms with Gasteiger partial charge >= 0.3 is 5.97 Å². The van der Waals surface area contributed by atoms with E-state index in [0.29, 0.717) is 0 Å². The van der Waals surface area contributed by atoms with Crippen molar-refractivity contribution in [1.29, 1.82) is 0 Å². The SMILES string of the molecule is COC(=O)C(CCCc1ccccc1)CCc1ccc(-c2cccc(F)c2)cc1. The van der Waals surface area contributed by atoms with Crippen LogP contribution in [-0.2, 0) is 22.4 Å². The molecular weight excluding hydrogens is 363 g/mol. The minimum absolute atomic E-state index is 0.0911. The van der Waals surface area contributed by atoms with Gasteiger partial charge in [-0.3, -0.25) is 4.79 Å². The van der Waals surface area contributed by atoms with Gasteiger partial charge in [-0.15, -0.1) is 0 Å². The average Bonchev–Trinajstić information content (AvgIpc) is 2.76. The Kier molecular flexibility index (Phi) is 7.57. The summed E-state index contributed by atoms with van der Waals surface area (Å²) in [5, 5.41) is 0. The fourth-order valence-electron chi connectivity index (χ4n) is 3.62. The van der Waals surface area contributed by atoms with E-state index in [-0.39, 0.29) is 17.7 Å². The zero-order valence-electron chi connectivity index (χ0n) is 16.8. The summed E-state index contributed by atoms with van der Waals surface area (Å²) in [6.45, 7) is 0. The number of methoxy groups -OCH3 is 1. The van der Waals surface area contributed by atoms with E-state index in [9.17, 15) is 9.18 Å². The minimum Gasteiger partial charge on any atom is -0.469 e. The van der Waals surface area contributed by atoms with Gasteiger partial charge in [-0.25, -0.2) is 4.39 Å². The second-order valence-corrected chi connectivity index (χ2v) is 7.34. The van der Waals surface area contributed by atoms with Crippen LogP contribution in [0.3, 0.4) is 0 Å². The highest BCUT2D eigenvalue weighted by molar-refractivity contribution is 5.72. The Bertz CT molecular complexity index is 904.